The third-order valence-electron chi connectivity index (χ3n) is 4.45. The van der Waals surface area contributed by atoms with Crippen molar-refractivity contribution in [2.45, 2.75) is 6.92 Å². The fourth-order valence-electron chi connectivity index (χ4n) is 2.86. The second-order valence-electron chi connectivity index (χ2n) is 6.47. The number of hydrogen-bond acceptors (Lipinski definition) is 7. The van der Waals surface area contributed by atoms with Crippen LogP contribution in [-0.2, 0) is 0 Å². The SMILES string of the molecule is CC(=O)c1ccc(N/C=C(/C#N)c2nc(-c3cc4ccccc4oc3=O)cs2)cc1. The summed E-state index contributed by atoms with van der Waals surface area (Å²) in [4.78, 5) is 28.2. The molecule has 0 aliphatic carbocycles. The van der Waals surface area contributed by atoms with E-state index in [0.717, 1.165) is 11.1 Å². The number of allylic oxidation sites excluding steroid dienone is 1. The van der Waals surface area contributed by atoms with Crippen LogP contribution in [0.25, 0.3) is 27.8 Å². The van der Waals surface area contributed by atoms with Crippen LogP contribution in [0.2, 0.25) is 0 Å². The molecule has 30 heavy (non-hydrogen) atoms. The topological polar surface area (TPSA) is 96.0 Å². The number of nitriles is 1. The van der Waals surface area contributed by atoms with Gasteiger partial charge in [-0.1, -0.05) is 18.2 Å². The fourth-order valence-corrected chi connectivity index (χ4v) is 3.65. The van der Waals surface area contributed by atoms with E-state index in [4.69, 9.17) is 4.42 Å². The number of fused-ring (bicyclic) bond motifs is 1. The van der Waals surface area contributed by atoms with Crippen molar-refractivity contribution < 1.29 is 9.21 Å². The zero-order chi connectivity index (χ0) is 21.1. The summed E-state index contributed by atoms with van der Waals surface area (Å²) in [6, 6.07) is 18.1. The van der Waals surface area contributed by atoms with E-state index in [0.29, 0.717) is 33.0 Å². The normalized spacial score (nSPS) is 11.3. The summed E-state index contributed by atoms with van der Waals surface area (Å²) in [7, 11) is 0. The van der Waals surface area contributed by atoms with Gasteiger partial charge >= 0.3 is 5.63 Å². The first-order valence-electron chi connectivity index (χ1n) is 9.02. The number of thiazole rings is 1. The zero-order valence-electron chi connectivity index (χ0n) is 15.9. The molecule has 0 atom stereocenters. The lowest BCUT2D eigenvalue weighted by Crippen LogP contribution is -2.02. The Kier molecular flexibility index (Phi) is 5.24. The highest BCUT2D eigenvalue weighted by Gasteiger charge is 2.13. The van der Waals surface area contributed by atoms with Gasteiger partial charge in [-0.05, 0) is 43.3 Å². The average molecular weight is 413 g/mol. The molecule has 0 amide bonds. The first-order chi connectivity index (χ1) is 14.5. The van der Waals surface area contributed by atoms with Gasteiger partial charge < -0.3 is 9.73 Å². The third-order valence-corrected chi connectivity index (χ3v) is 5.32. The third kappa shape index (κ3) is 3.90. The molecule has 0 radical (unpaired) electrons. The smallest absolute Gasteiger partial charge is 0.345 e. The van der Waals surface area contributed by atoms with Crippen molar-refractivity contribution in [2.75, 3.05) is 5.32 Å². The molecule has 0 bridgehead atoms. The van der Waals surface area contributed by atoms with Crippen LogP contribution in [0.3, 0.4) is 0 Å². The summed E-state index contributed by atoms with van der Waals surface area (Å²) in [5.41, 5.74) is 2.52. The number of nitrogens with one attached hydrogen (secondary N) is 1. The van der Waals surface area contributed by atoms with Crippen LogP contribution in [0.4, 0.5) is 5.69 Å². The first kappa shape index (κ1) is 19.3. The zero-order valence-corrected chi connectivity index (χ0v) is 16.7. The Morgan fingerprint density at radius 2 is 1.97 bits per heavy atom. The van der Waals surface area contributed by atoms with E-state index in [-0.39, 0.29) is 5.78 Å². The molecule has 0 fully saturated rings. The second kappa shape index (κ2) is 8.15. The van der Waals surface area contributed by atoms with E-state index in [9.17, 15) is 14.9 Å². The van der Waals surface area contributed by atoms with Crippen LogP contribution in [0.15, 0.2) is 75.4 Å². The van der Waals surface area contributed by atoms with Crippen molar-refractivity contribution >= 4 is 39.3 Å². The van der Waals surface area contributed by atoms with Crippen LogP contribution in [0.1, 0.15) is 22.3 Å². The quantitative estimate of drug-likeness (QED) is 0.278. The Morgan fingerprint density at radius 3 is 2.70 bits per heavy atom. The number of carbonyl (C=O) groups is 1. The molecule has 4 rings (SSSR count). The summed E-state index contributed by atoms with van der Waals surface area (Å²) >= 11 is 1.27. The molecule has 6 nitrogen and oxygen atoms in total. The molecule has 0 spiro atoms. The highest BCUT2D eigenvalue weighted by atomic mass is 32.1. The van der Waals surface area contributed by atoms with Crippen molar-refractivity contribution in [3.63, 3.8) is 0 Å². The summed E-state index contributed by atoms with van der Waals surface area (Å²) in [6.45, 7) is 1.51. The number of para-hydroxylation sites is 1. The van der Waals surface area contributed by atoms with E-state index in [2.05, 4.69) is 16.4 Å². The summed E-state index contributed by atoms with van der Waals surface area (Å²) < 4.78 is 5.37. The molecule has 4 aromatic rings. The highest BCUT2D eigenvalue weighted by molar-refractivity contribution is 7.11. The maximum absolute atomic E-state index is 12.4. The van der Waals surface area contributed by atoms with Crippen LogP contribution < -0.4 is 10.9 Å². The van der Waals surface area contributed by atoms with E-state index in [1.165, 1.54) is 18.3 Å². The van der Waals surface area contributed by atoms with Gasteiger partial charge in [-0.25, -0.2) is 9.78 Å². The maximum Gasteiger partial charge on any atom is 0.345 e. The van der Waals surface area contributed by atoms with Crippen molar-refractivity contribution in [1.82, 2.24) is 4.98 Å². The molecule has 2 heterocycles. The molecule has 0 saturated carbocycles. The van der Waals surface area contributed by atoms with Gasteiger partial charge in [-0.2, -0.15) is 5.26 Å². The van der Waals surface area contributed by atoms with Gasteiger partial charge in [0, 0.05) is 28.2 Å². The van der Waals surface area contributed by atoms with E-state index in [1.807, 2.05) is 12.1 Å². The standard InChI is InChI=1S/C23H15N3O3S/c1-14(27)15-6-8-18(9-7-15)25-12-17(11-24)22-26-20(13-30-22)19-10-16-4-2-3-5-21(16)29-23(19)28/h2-10,12-13,25H,1H3/b17-12-. The fraction of sp³-hybridized carbons (Fsp3) is 0.0435. The Bertz CT molecular complexity index is 1380. The molecule has 0 unspecified atom stereocenters. The number of carbonyl (C=O) groups excluding carboxylic acids is 1. The number of hydrogen-bond donors (Lipinski definition) is 1. The highest BCUT2D eigenvalue weighted by Crippen LogP contribution is 2.26. The monoisotopic (exact) mass is 413 g/mol. The molecule has 0 aliphatic heterocycles. The molecule has 0 aliphatic rings. The van der Waals surface area contributed by atoms with Gasteiger partial charge in [-0.3, -0.25) is 4.79 Å². The van der Waals surface area contributed by atoms with Gasteiger partial charge in [0.1, 0.15) is 22.2 Å². The Morgan fingerprint density at radius 1 is 1.20 bits per heavy atom. The van der Waals surface area contributed by atoms with E-state index in [1.54, 1.807) is 54.0 Å². The Labute approximate surface area is 175 Å². The van der Waals surface area contributed by atoms with Gasteiger partial charge in [0.25, 0.3) is 0 Å². The predicted molar refractivity (Wildman–Crippen MR) is 117 cm³/mol. The molecule has 2 aromatic heterocycles. The van der Waals surface area contributed by atoms with Gasteiger partial charge in [0.2, 0.25) is 0 Å². The average Bonchev–Trinajstić information content (AvgIpc) is 3.24. The predicted octanol–water partition coefficient (Wildman–Crippen LogP) is 5.10. The largest absolute Gasteiger partial charge is 0.422 e. The lowest BCUT2D eigenvalue weighted by Gasteiger charge is -2.02. The minimum Gasteiger partial charge on any atom is -0.422 e. The minimum atomic E-state index is -0.475. The maximum atomic E-state index is 12.4. The summed E-state index contributed by atoms with van der Waals surface area (Å²) in [6.07, 6.45) is 1.55. The Hall–Kier alpha value is -4.02. The van der Waals surface area contributed by atoms with Crippen molar-refractivity contribution in [1.29, 1.82) is 5.26 Å². The number of aromatic nitrogens is 1. The lowest BCUT2D eigenvalue weighted by molar-refractivity contribution is 0.101. The summed E-state index contributed by atoms with van der Waals surface area (Å²) in [5, 5.41) is 15.6. The van der Waals surface area contributed by atoms with E-state index < -0.39 is 5.63 Å². The van der Waals surface area contributed by atoms with E-state index >= 15 is 0 Å². The molecule has 0 saturated heterocycles. The molecule has 7 heteroatoms. The molecular weight excluding hydrogens is 398 g/mol. The van der Waals surface area contributed by atoms with Crippen LogP contribution >= 0.6 is 11.3 Å². The number of rotatable bonds is 5. The van der Waals surface area contributed by atoms with Crippen LogP contribution in [-0.4, -0.2) is 10.8 Å². The van der Waals surface area contributed by atoms with Crippen molar-refractivity contribution in [2.24, 2.45) is 0 Å². The van der Waals surface area contributed by atoms with Gasteiger partial charge in [-0.15, -0.1) is 11.3 Å². The van der Waals surface area contributed by atoms with Gasteiger partial charge in [0.05, 0.1) is 11.3 Å². The number of benzene rings is 2. The van der Waals surface area contributed by atoms with Crippen molar-refractivity contribution in [3.8, 4) is 17.3 Å². The number of ketones is 1. The second-order valence-corrected chi connectivity index (χ2v) is 7.33. The van der Waals surface area contributed by atoms with Crippen molar-refractivity contribution in [3.05, 3.63) is 87.2 Å². The molecule has 146 valence electrons. The number of nitrogens with zero attached hydrogens (tertiary/aromatic N) is 2. The first-order valence-corrected chi connectivity index (χ1v) is 9.90. The van der Waals surface area contributed by atoms with Crippen LogP contribution in [0, 0.1) is 11.3 Å². The molecule has 1 N–H and O–H groups in total. The molecule has 2 aromatic carbocycles. The van der Waals surface area contributed by atoms with Crippen LogP contribution in [0.5, 0.6) is 0 Å². The lowest BCUT2D eigenvalue weighted by atomic mass is 10.1. The summed E-state index contributed by atoms with van der Waals surface area (Å²) in [5.74, 6) is -0.0108. The van der Waals surface area contributed by atoms with Gasteiger partial charge in [0.15, 0.2) is 5.78 Å². The minimum absolute atomic E-state index is 0.0108. The number of Topliss-reactive ketones (excluding diaryl/α,β-unsaturated/α-hetero) is 1. The molecular formula is C23H15N3O3S. The Balaban J connectivity index is 1.61. The number of anilines is 1.